The van der Waals surface area contributed by atoms with E-state index < -0.39 is 18.2 Å². The Morgan fingerprint density at radius 2 is 2.03 bits per heavy atom. The van der Waals surface area contributed by atoms with Crippen LogP contribution in [-0.4, -0.2) is 68.7 Å². The molecule has 8 nitrogen and oxygen atoms in total. The van der Waals surface area contributed by atoms with Crippen LogP contribution >= 0.6 is 11.3 Å². The number of carbonyl (C=O) groups excluding carboxylic acids is 3. The zero-order valence-corrected chi connectivity index (χ0v) is 19.4. The minimum Gasteiger partial charge on any atom is -0.391 e. The smallest absolute Gasteiger partial charge is 0.383 e. The standard InChI is InChI=1S/C23H28N4O4S/c1-5-19(26(4)15(3)28)23(31)27-12-18(29)10-20(27)22(30)24-11-16-6-8-17(9-7-16)21-14(2)25-13-32-21/h6-9,13,18-20,29H,4-5,10-12H2,1-3H3/p+1. The molecular weight excluding hydrogens is 428 g/mol. The second-order valence-electron chi connectivity index (χ2n) is 7.99. The van der Waals surface area contributed by atoms with E-state index in [1.165, 1.54) is 11.8 Å². The second kappa shape index (κ2) is 10.1. The predicted molar refractivity (Wildman–Crippen MR) is 122 cm³/mol. The fraction of sp³-hybridized carbons (Fsp3) is 0.435. The van der Waals surface area contributed by atoms with Crippen LogP contribution in [0.2, 0.25) is 0 Å². The first kappa shape index (κ1) is 23.7. The van der Waals surface area contributed by atoms with Gasteiger partial charge in [0.1, 0.15) is 12.8 Å². The van der Waals surface area contributed by atoms with E-state index >= 15 is 0 Å². The number of carbonyl (C=O) groups is 3. The van der Waals surface area contributed by atoms with E-state index in [1.54, 1.807) is 18.3 Å². The van der Waals surface area contributed by atoms with Crippen molar-refractivity contribution in [1.29, 1.82) is 0 Å². The van der Waals surface area contributed by atoms with Crippen LogP contribution in [0.4, 0.5) is 0 Å². The Kier molecular flexibility index (Phi) is 7.52. The molecule has 0 saturated carbocycles. The van der Waals surface area contributed by atoms with Gasteiger partial charge in [-0.3, -0.25) is 9.59 Å². The quantitative estimate of drug-likeness (QED) is 0.487. The SMILES string of the molecule is C=[N+](C(C)=O)C(CC)C(=O)N1CC(O)CC1C(=O)NCc1ccc(-c2scnc2C)cc1. The summed E-state index contributed by atoms with van der Waals surface area (Å²) in [7, 11) is 0. The van der Waals surface area contributed by atoms with E-state index in [0.717, 1.165) is 26.3 Å². The second-order valence-corrected chi connectivity index (χ2v) is 8.85. The van der Waals surface area contributed by atoms with Crippen LogP contribution in [0.3, 0.4) is 0 Å². The number of amides is 3. The summed E-state index contributed by atoms with van der Waals surface area (Å²) in [6.45, 7) is 9.12. The van der Waals surface area contributed by atoms with Crippen molar-refractivity contribution in [2.24, 2.45) is 0 Å². The van der Waals surface area contributed by atoms with Gasteiger partial charge in [0.2, 0.25) is 11.9 Å². The fourth-order valence-corrected chi connectivity index (χ4v) is 4.72. The molecule has 2 heterocycles. The molecule has 0 bridgehead atoms. The number of hydrogen-bond acceptors (Lipinski definition) is 6. The average molecular weight is 458 g/mol. The Bertz CT molecular complexity index is 1020. The van der Waals surface area contributed by atoms with Gasteiger partial charge in [-0.15, -0.1) is 11.3 Å². The lowest BCUT2D eigenvalue weighted by Crippen LogP contribution is -2.51. The van der Waals surface area contributed by atoms with Crippen LogP contribution in [0.15, 0.2) is 29.8 Å². The summed E-state index contributed by atoms with van der Waals surface area (Å²) >= 11 is 1.58. The van der Waals surface area contributed by atoms with Crippen LogP contribution in [0.25, 0.3) is 10.4 Å². The number of thiazole rings is 1. The minimum atomic E-state index is -0.787. The van der Waals surface area contributed by atoms with E-state index in [2.05, 4.69) is 17.0 Å². The third kappa shape index (κ3) is 5.11. The highest BCUT2D eigenvalue weighted by Gasteiger charge is 2.44. The molecule has 1 aliphatic rings. The minimum absolute atomic E-state index is 0.0576. The van der Waals surface area contributed by atoms with Crippen molar-refractivity contribution in [1.82, 2.24) is 15.2 Å². The number of rotatable bonds is 7. The van der Waals surface area contributed by atoms with Gasteiger partial charge in [0.15, 0.2) is 0 Å². The van der Waals surface area contributed by atoms with Crippen LogP contribution < -0.4 is 5.32 Å². The highest BCUT2D eigenvalue weighted by molar-refractivity contribution is 7.13. The largest absolute Gasteiger partial charge is 0.391 e. The number of nitrogens with one attached hydrogen (secondary N) is 1. The number of β-amino-alcohol motifs (C(OH)–C–C–N with tert-alkyl or cyclic N) is 1. The van der Waals surface area contributed by atoms with Gasteiger partial charge in [0, 0.05) is 25.9 Å². The molecular formula is C23H29N4O4S+. The number of likely N-dealkylation sites (tertiary alicyclic amines) is 1. The molecule has 0 aliphatic carbocycles. The van der Waals surface area contributed by atoms with E-state index in [1.807, 2.05) is 36.7 Å². The van der Waals surface area contributed by atoms with E-state index in [9.17, 15) is 19.5 Å². The molecule has 1 aliphatic heterocycles. The van der Waals surface area contributed by atoms with Gasteiger partial charge in [-0.2, -0.15) is 4.58 Å². The van der Waals surface area contributed by atoms with Gasteiger partial charge >= 0.3 is 5.91 Å². The fourth-order valence-electron chi connectivity index (χ4n) is 3.91. The molecule has 3 amide bonds. The molecule has 170 valence electrons. The first-order valence-corrected chi connectivity index (χ1v) is 11.5. The van der Waals surface area contributed by atoms with Crippen LogP contribution in [0, 0.1) is 6.92 Å². The summed E-state index contributed by atoms with van der Waals surface area (Å²) in [6, 6.07) is 6.33. The molecule has 0 spiro atoms. The Morgan fingerprint density at radius 1 is 1.34 bits per heavy atom. The molecule has 2 aromatic rings. The maximum absolute atomic E-state index is 13.0. The summed E-state index contributed by atoms with van der Waals surface area (Å²) in [4.78, 5) is 44.3. The van der Waals surface area contributed by atoms with Gasteiger partial charge in [-0.1, -0.05) is 31.2 Å². The predicted octanol–water partition coefficient (Wildman–Crippen LogP) is 1.73. The Balaban J connectivity index is 1.65. The van der Waals surface area contributed by atoms with Gasteiger partial charge in [0.05, 0.1) is 29.1 Å². The molecule has 2 N–H and O–H groups in total. The number of benzene rings is 1. The third-order valence-electron chi connectivity index (χ3n) is 5.75. The van der Waals surface area contributed by atoms with Gasteiger partial charge in [-0.25, -0.2) is 9.78 Å². The van der Waals surface area contributed by atoms with E-state index in [-0.39, 0.29) is 30.7 Å². The van der Waals surface area contributed by atoms with Crippen molar-refractivity contribution in [2.45, 2.75) is 58.3 Å². The molecule has 1 aromatic carbocycles. The summed E-state index contributed by atoms with van der Waals surface area (Å²) in [6.07, 6.45) is -0.256. The van der Waals surface area contributed by atoms with Gasteiger partial charge < -0.3 is 15.3 Å². The number of aliphatic hydroxyl groups is 1. The first-order valence-electron chi connectivity index (χ1n) is 10.6. The van der Waals surface area contributed by atoms with E-state index in [4.69, 9.17) is 0 Å². The Labute approximate surface area is 191 Å². The van der Waals surface area contributed by atoms with Crippen molar-refractivity contribution in [3.63, 3.8) is 0 Å². The zero-order valence-electron chi connectivity index (χ0n) is 18.6. The summed E-state index contributed by atoms with van der Waals surface area (Å²) in [5, 5.41) is 13.0. The summed E-state index contributed by atoms with van der Waals surface area (Å²) in [5.74, 6) is -1.04. The van der Waals surface area contributed by atoms with Gasteiger partial charge in [-0.05, 0) is 18.1 Å². The number of aryl methyl sites for hydroxylation is 1. The molecule has 3 atom stereocenters. The lowest BCUT2D eigenvalue weighted by atomic mass is 10.1. The summed E-state index contributed by atoms with van der Waals surface area (Å²) in [5.41, 5.74) is 4.80. The van der Waals surface area contributed by atoms with Gasteiger partial charge in [0.25, 0.3) is 5.91 Å². The lowest BCUT2D eigenvalue weighted by Gasteiger charge is -2.25. The van der Waals surface area contributed by atoms with Crippen LogP contribution in [0.1, 0.15) is 37.9 Å². The monoisotopic (exact) mass is 457 g/mol. The van der Waals surface area contributed by atoms with Crippen molar-refractivity contribution in [3.8, 4) is 10.4 Å². The zero-order chi connectivity index (χ0) is 23.4. The van der Waals surface area contributed by atoms with Crippen LogP contribution in [-0.2, 0) is 20.9 Å². The molecule has 3 unspecified atom stereocenters. The third-order valence-corrected chi connectivity index (χ3v) is 6.72. The molecule has 32 heavy (non-hydrogen) atoms. The molecule has 3 rings (SSSR count). The highest BCUT2D eigenvalue weighted by Crippen LogP contribution is 2.27. The van der Waals surface area contributed by atoms with Crippen molar-refractivity contribution >= 4 is 35.8 Å². The summed E-state index contributed by atoms with van der Waals surface area (Å²) < 4.78 is 1.13. The van der Waals surface area contributed by atoms with E-state index in [0.29, 0.717) is 13.0 Å². The Hall–Kier alpha value is -2.91. The molecule has 9 heteroatoms. The topological polar surface area (TPSA) is 103 Å². The maximum Gasteiger partial charge on any atom is 0.383 e. The van der Waals surface area contributed by atoms with Crippen LogP contribution in [0.5, 0.6) is 0 Å². The number of aliphatic hydroxyl groups excluding tert-OH is 1. The normalized spacial score (nSPS) is 18.9. The Morgan fingerprint density at radius 3 is 2.59 bits per heavy atom. The average Bonchev–Trinajstić information content (AvgIpc) is 3.38. The number of nitrogens with zero attached hydrogens (tertiary/aromatic N) is 3. The maximum atomic E-state index is 13.0. The molecule has 1 aromatic heterocycles. The van der Waals surface area contributed by atoms with Crippen molar-refractivity contribution < 1.29 is 24.1 Å². The molecule has 1 saturated heterocycles. The molecule has 0 radical (unpaired) electrons. The molecule has 1 fully saturated rings. The van der Waals surface area contributed by atoms with Crippen molar-refractivity contribution in [3.05, 3.63) is 41.0 Å². The lowest BCUT2D eigenvalue weighted by molar-refractivity contribution is -0.467. The first-order chi connectivity index (χ1) is 15.2. The highest BCUT2D eigenvalue weighted by atomic mass is 32.1. The number of aromatic nitrogens is 1. The van der Waals surface area contributed by atoms with Crippen molar-refractivity contribution in [2.75, 3.05) is 6.54 Å². The number of hydrogen-bond donors (Lipinski definition) is 2.